The Morgan fingerprint density at radius 3 is 2.71 bits per heavy atom. The number of hydrogen-bond acceptors (Lipinski definition) is 4. The molecule has 0 saturated carbocycles. The first-order chi connectivity index (χ1) is 13.4. The molecule has 0 N–H and O–H groups in total. The first-order valence-corrected chi connectivity index (χ1v) is 10.5. The third-order valence-electron chi connectivity index (χ3n) is 6.05. The maximum absolute atomic E-state index is 13.3. The maximum atomic E-state index is 13.3. The summed E-state index contributed by atoms with van der Waals surface area (Å²) in [5, 5.41) is 2.73. The molecular weight excluding hydrogens is 370 g/mol. The largest absolute Gasteiger partial charge is 0.333 e. The summed E-state index contributed by atoms with van der Waals surface area (Å²) in [6.07, 6.45) is 3.76. The van der Waals surface area contributed by atoms with Crippen molar-refractivity contribution in [2.45, 2.75) is 44.7 Å². The number of amides is 2. The molecule has 0 saturated heterocycles. The van der Waals surface area contributed by atoms with Gasteiger partial charge < -0.3 is 9.80 Å². The Labute approximate surface area is 169 Å². The van der Waals surface area contributed by atoms with Gasteiger partial charge in [-0.2, -0.15) is 0 Å². The molecule has 0 aliphatic carbocycles. The Morgan fingerprint density at radius 1 is 1.29 bits per heavy atom. The van der Waals surface area contributed by atoms with Crippen molar-refractivity contribution in [1.29, 1.82) is 0 Å². The lowest BCUT2D eigenvalue weighted by Gasteiger charge is -2.32. The summed E-state index contributed by atoms with van der Waals surface area (Å²) < 4.78 is 0. The molecule has 1 atom stereocenters. The van der Waals surface area contributed by atoms with Crippen LogP contribution in [0.1, 0.15) is 43.3 Å². The molecule has 146 valence electrons. The lowest BCUT2D eigenvalue weighted by atomic mass is 9.88. The second kappa shape index (κ2) is 7.17. The number of carbonyl (C=O) groups is 2. The molecular formula is C22H25N3O2S. The van der Waals surface area contributed by atoms with Gasteiger partial charge in [-0.3, -0.25) is 9.59 Å². The number of aromatic nitrogens is 1. The molecule has 2 aliphatic rings. The van der Waals surface area contributed by atoms with Crippen LogP contribution in [0.2, 0.25) is 0 Å². The Hall–Kier alpha value is -2.47. The SMILES string of the molecule is CN1C(=O)C2=C(CCCN(C(=O)Cc3ccccc3)C2c2nccs2)C1(C)C. The zero-order valence-electron chi connectivity index (χ0n) is 16.5. The third kappa shape index (κ3) is 3.05. The molecule has 0 bridgehead atoms. The molecule has 1 aromatic carbocycles. The Kier molecular flexibility index (Phi) is 4.83. The molecule has 1 aromatic heterocycles. The molecule has 6 heteroatoms. The summed E-state index contributed by atoms with van der Waals surface area (Å²) in [6, 6.07) is 9.38. The zero-order chi connectivity index (χ0) is 19.9. The van der Waals surface area contributed by atoms with Crippen molar-refractivity contribution in [2.75, 3.05) is 13.6 Å². The fraction of sp³-hybridized carbons (Fsp3) is 0.409. The maximum Gasteiger partial charge on any atom is 0.252 e. The van der Waals surface area contributed by atoms with E-state index < -0.39 is 6.04 Å². The van der Waals surface area contributed by atoms with Crippen LogP contribution in [0.5, 0.6) is 0 Å². The van der Waals surface area contributed by atoms with Crippen molar-refractivity contribution in [3.05, 3.63) is 63.6 Å². The monoisotopic (exact) mass is 395 g/mol. The summed E-state index contributed by atoms with van der Waals surface area (Å²) >= 11 is 1.51. The number of hydrogen-bond donors (Lipinski definition) is 0. The van der Waals surface area contributed by atoms with Gasteiger partial charge in [-0.25, -0.2) is 4.98 Å². The average Bonchev–Trinajstić information content (AvgIpc) is 3.19. The third-order valence-corrected chi connectivity index (χ3v) is 6.88. The van der Waals surface area contributed by atoms with E-state index in [1.54, 1.807) is 6.20 Å². The molecule has 5 nitrogen and oxygen atoms in total. The molecule has 2 aromatic rings. The molecule has 1 unspecified atom stereocenters. The van der Waals surface area contributed by atoms with Gasteiger partial charge in [-0.05, 0) is 37.8 Å². The number of rotatable bonds is 3. The van der Waals surface area contributed by atoms with Gasteiger partial charge in [0.2, 0.25) is 5.91 Å². The van der Waals surface area contributed by atoms with E-state index in [2.05, 4.69) is 18.8 Å². The fourth-order valence-corrected chi connectivity index (χ4v) is 5.05. The topological polar surface area (TPSA) is 53.5 Å². The molecule has 0 spiro atoms. The van der Waals surface area contributed by atoms with Gasteiger partial charge in [-0.1, -0.05) is 30.3 Å². The first kappa shape index (κ1) is 18.9. The van der Waals surface area contributed by atoms with Crippen LogP contribution in [0, 0.1) is 0 Å². The van der Waals surface area contributed by atoms with E-state index in [4.69, 9.17) is 0 Å². The van der Waals surface area contributed by atoms with E-state index in [-0.39, 0.29) is 17.4 Å². The minimum atomic E-state index is -0.398. The highest BCUT2D eigenvalue weighted by Gasteiger charge is 2.49. The minimum absolute atomic E-state index is 0.0135. The Balaban J connectivity index is 1.77. The van der Waals surface area contributed by atoms with Gasteiger partial charge >= 0.3 is 0 Å². The molecule has 4 rings (SSSR count). The normalized spacial score (nSPS) is 21.7. The number of carbonyl (C=O) groups excluding carboxylic acids is 2. The quantitative estimate of drug-likeness (QED) is 0.798. The number of likely N-dealkylation sites (N-methyl/N-ethyl adjacent to an activating group) is 1. The predicted molar refractivity (Wildman–Crippen MR) is 110 cm³/mol. The Bertz CT molecular complexity index is 919. The van der Waals surface area contributed by atoms with Gasteiger partial charge in [0.1, 0.15) is 11.0 Å². The van der Waals surface area contributed by atoms with Crippen molar-refractivity contribution in [3.8, 4) is 0 Å². The van der Waals surface area contributed by atoms with Crippen molar-refractivity contribution >= 4 is 23.2 Å². The van der Waals surface area contributed by atoms with Crippen LogP contribution >= 0.6 is 11.3 Å². The van der Waals surface area contributed by atoms with Gasteiger partial charge in [0.25, 0.3) is 5.91 Å². The van der Waals surface area contributed by atoms with E-state index in [1.807, 2.05) is 52.6 Å². The van der Waals surface area contributed by atoms with Crippen molar-refractivity contribution in [1.82, 2.24) is 14.8 Å². The Morgan fingerprint density at radius 2 is 2.04 bits per heavy atom. The van der Waals surface area contributed by atoms with E-state index in [1.165, 1.54) is 11.3 Å². The van der Waals surface area contributed by atoms with Crippen LogP contribution in [0.3, 0.4) is 0 Å². The van der Waals surface area contributed by atoms with E-state index in [9.17, 15) is 9.59 Å². The smallest absolute Gasteiger partial charge is 0.252 e. The first-order valence-electron chi connectivity index (χ1n) is 9.65. The lowest BCUT2D eigenvalue weighted by molar-refractivity contribution is -0.133. The van der Waals surface area contributed by atoms with Crippen LogP contribution in [0.4, 0.5) is 0 Å². The second-order valence-corrected chi connectivity index (χ2v) is 8.87. The second-order valence-electron chi connectivity index (χ2n) is 7.94. The van der Waals surface area contributed by atoms with Crippen molar-refractivity contribution in [2.24, 2.45) is 0 Å². The summed E-state index contributed by atoms with van der Waals surface area (Å²) in [4.78, 5) is 34.8. The highest BCUT2D eigenvalue weighted by Crippen LogP contribution is 2.46. The summed E-state index contributed by atoms with van der Waals surface area (Å²) in [6.45, 7) is 4.82. The molecule has 2 aliphatic heterocycles. The van der Waals surface area contributed by atoms with Crippen LogP contribution in [-0.2, 0) is 16.0 Å². The molecule has 0 fully saturated rings. The van der Waals surface area contributed by atoms with Crippen molar-refractivity contribution in [3.63, 3.8) is 0 Å². The van der Waals surface area contributed by atoms with Gasteiger partial charge in [0.15, 0.2) is 0 Å². The molecule has 3 heterocycles. The predicted octanol–water partition coefficient (Wildman–Crippen LogP) is 3.60. The zero-order valence-corrected chi connectivity index (χ0v) is 17.3. The van der Waals surface area contributed by atoms with Crippen LogP contribution in [0.15, 0.2) is 53.1 Å². The number of benzene rings is 1. The standard InChI is InChI=1S/C22H25N3O2S/c1-22(2)16-10-7-12-25(17(26)14-15-8-5-4-6-9-15)19(20-23-11-13-28-20)18(16)21(27)24(22)3/h4-6,8-9,11,13,19H,7,10,12,14H2,1-3H3. The minimum Gasteiger partial charge on any atom is -0.333 e. The fourth-order valence-electron chi connectivity index (χ4n) is 4.30. The summed E-state index contributed by atoms with van der Waals surface area (Å²) in [5.74, 6) is 0.0555. The van der Waals surface area contributed by atoms with Crippen LogP contribution in [-0.4, -0.2) is 45.7 Å². The van der Waals surface area contributed by atoms with Gasteiger partial charge in [0.05, 0.1) is 12.0 Å². The number of nitrogens with zero attached hydrogens (tertiary/aromatic N) is 3. The van der Waals surface area contributed by atoms with E-state index in [0.717, 1.165) is 34.6 Å². The summed E-state index contributed by atoms with van der Waals surface area (Å²) in [5.41, 5.74) is 2.55. The highest BCUT2D eigenvalue weighted by molar-refractivity contribution is 7.09. The van der Waals surface area contributed by atoms with Gasteiger partial charge in [-0.15, -0.1) is 11.3 Å². The van der Waals surface area contributed by atoms with Crippen LogP contribution < -0.4 is 0 Å². The summed E-state index contributed by atoms with van der Waals surface area (Å²) in [7, 11) is 1.85. The average molecular weight is 396 g/mol. The molecule has 28 heavy (non-hydrogen) atoms. The number of thiazole rings is 1. The van der Waals surface area contributed by atoms with E-state index >= 15 is 0 Å². The molecule has 0 radical (unpaired) electrons. The van der Waals surface area contributed by atoms with E-state index in [0.29, 0.717) is 13.0 Å². The van der Waals surface area contributed by atoms with Gasteiger partial charge in [0, 0.05) is 30.7 Å². The molecule has 2 amide bonds. The lowest BCUT2D eigenvalue weighted by Crippen LogP contribution is -2.42. The highest BCUT2D eigenvalue weighted by atomic mass is 32.1. The van der Waals surface area contributed by atoms with Crippen molar-refractivity contribution < 1.29 is 9.59 Å². The van der Waals surface area contributed by atoms with Crippen LogP contribution in [0.25, 0.3) is 0 Å².